The van der Waals surface area contributed by atoms with E-state index >= 15 is 0 Å². The highest BCUT2D eigenvalue weighted by Crippen LogP contribution is 2.17. The summed E-state index contributed by atoms with van der Waals surface area (Å²) in [6, 6.07) is 12.1. The number of benzene rings is 1. The predicted molar refractivity (Wildman–Crippen MR) is 67.5 cm³/mol. The zero-order valence-electron chi connectivity index (χ0n) is 9.70. The molecule has 0 aliphatic carbocycles. The minimum atomic E-state index is -3.43. The zero-order chi connectivity index (χ0) is 12.3. The van der Waals surface area contributed by atoms with Crippen LogP contribution in [0.15, 0.2) is 53.6 Å². The molecule has 4 heteroatoms. The van der Waals surface area contributed by atoms with Crippen LogP contribution < -0.4 is 0 Å². The average molecular weight is 249 g/mol. The lowest BCUT2D eigenvalue weighted by Crippen LogP contribution is -2.14. The quantitative estimate of drug-likeness (QED) is 0.835. The molecule has 0 aliphatic heterocycles. The molecule has 0 saturated heterocycles. The molecule has 0 aliphatic rings. The van der Waals surface area contributed by atoms with Gasteiger partial charge in [0, 0.05) is 11.9 Å². The van der Waals surface area contributed by atoms with Gasteiger partial charge in [-0.3, -0.25) is 0 Å². The van der Waals surface area contributed by atoms with Crippen LogP contribution in [0.4, 0.5) is 0 Å². The van der Waals surface area contributed by atoms with Gasteiger partial charge in [0.1, 0.15) is 0 Å². The van der Waals surface area contributed by atoms with Gasteiger partial charge in [-0.15, -0.1) is 0 Å². The van der Waals surface area contributed by atoms with Crippen molar-refractivity contribution in [3.63, 3.8) is 0 Å². The Kier molecular flexibility index (Phi) is 3.33. The maximum absolute atomic E-state index is 12.4. The summed E-state index contributed by atoms with van der Waals surface area (Å²) in [5, 5.41) is 0. The molecule has 1 aromatic carbocycles. The van der Waals surface area contributed by atoms with Crippen molar-refractivity contribution in [3.05, 3.63) is 54.4 Å². The number of rotatable bonds is 4. The number of hydrogen-bond acceptors (Lipinski definition) is 2. The molecular weight excluding hydrogens is 234 g/mol. The van der Waals surface area contributed by atoms with Gasteiger partial charge >= 0.3 is 0 Å². The van der Waals surface area contributed by atoms with E-state index in [2.05, 4.69) is 0 Å². The Balaban J connectivity index is 2.49. The van der Waals surface area contributed by atoms with Crippen LogP contribution in [0.25, 0.3) is 0 Å². The van der Waals surface area contributed by atoms with Crippen molar-refractivity contribution < 1.29 is 8.42 Å². The lowest BCUT2D eigenvalue weighted by atomic mass is 10.3. The summed E-state index contributed by atoms with van der Waals surface area (Å²) >= 11 is 0. The van der Waals surface area contributed by atoms with E-state index in [0.717, 1.165) is 18.5 Å². The first-order chi connectivity index (χ1) is 8.16. The molecule has 90 valence electrons. The SMILES string of the molecule is CCCc1cccn1S(=O)(=O)c1ccccc1. The fourth-order valence-electron chi connectivity index (χ4n) is 1.79. The molecule has 0 bridgehead atoms. The summed E-state index contributed by atoms with van der Waals surface area (Å²) < 4.78 is 26.1. The van der Waals surface area contributed by atoms with E-state index < -0.39 is 10.0 Å². The Morgan fingerprint density at radius 3 is 2.41 bits per heavy atom. The second-order valence-electron chi connectivity index (χ2n) is 3.86. The van der Waals surface area contributed by atoms with Gasteiger partial charge < -0.3 is 0 Å². The number of aromatic nitrogens is 1. The predicted octanol–water partition coefficient (Wildman–Crippen LogP) is 2.68. The maximum atomic E-state index is 12.4. The van der Waals surface area contributed by atoms with Gasteiger partial charge in [-0.05, 0) is 30.7 Å². The monoisotopic (exact) mass is 249 g/mol. The summed E-state index contributed by atoms with van der Waals surface area (Å²) in [5.74, 6) is 0. The highest BCUT2D eigenvalue weighted by atomic mass is 32.2. The summed E-state index contributed by atoms with van der Waals surface area (Å²) in [6.07, 6.45) is 3.29. The Morgan fingerprint density at radius 1 is 1.06 bits per heavy atom. The van der Waals surface area contributed by atoms with E-state index in [-0.39, 0.29) is 0 Å². The van der Waals surface area contributed by atoms with Crippen molar-refractivity contribution in [2.24, 2.45) is 0 Å². The van der Waals surface area contributed by atoms with Gasteiger partial charge in [-0.25, -0.2) is 12.4 Å². The molecule has 1 aromatic heterocycles. The van der Waals surface area contributed by atoms with E-state index in [0.29, 0.717) is 4.90 Å². The number of aryl methyl sites for hydroxylation is 1. The minimum Gasteiger partial charge on any atom is -0.246 e. The van der Waals surface area contributed by atoms with Crippen LogP contribution in [0.2, 0.25) is 0 Å². The standard InChI is InChI=1S/C13H15NO2S/c1-2-7-12-8-6-11-14(12)17(15,16)13-9-4-3-5-10-13/h3-6,8-11H,2,7H2,1H3. The first-order valence-corrected chi connectivity index (χ1v) is 7.07. The van der Waals surface area contributed by atoms with Gasteiger partial charge in [0.15, 0.2) is 0 Å². The van der Waals surface area contributed by atoms with E-state index in [1.54, 1.807) is 36.5 Å². The first kappa shape index (κ1) is 11.9. The Hall–Kier alpha value is -1.55. The minimum absolute atomic E-state index is 0.327. The third kappa shape index (κ3) is 2.26. The lowest BCUT2D eigenvalue weighted by Gasteiger charge is -2.09. The van der Waals surface area contributed by atoms with Gasteiger partial charge in [0.2, 0.25) is 0 Å². The molecule has 0 radical (unpaired) electrons. The first-order valence-electron chi connectivity index (χ1n) is 5.63. The van der Waals surface area contributed by atoms with E-state index in [1.807, 2.05) is 19.1 Å². The zero-order valence-corrected chi connectivity index (χ0v) is 10.5. The summed E-state index contributed by atoms with van der Waals surface area (Å²) in [6.45, 7) is 2.03. The van der Waals surface area contributed by atoms with Crippen molar-refractivity contribution in [1.82, 2.24) is 3.97 Å². The lowest BCUT2D eigenvalue weighted by molar-refractivity contribution is 0.585. The number of nitrogens with zero attached hydrogens (tertiary/aromatic N) is 1. The van der Waals surface area contributed by atoms with Gasteiger partial charge in [0.05, 0.1) is 4.90 Å². The van der Waals surface area contributed by atoms with Gasteiger partial charge in [-0.2, -0.15) is 0 Å². The van der Waals surface area contributed by atoms with Crippen LogP contribution in [0, 0.1) is 0 Å². The van der Waals surface area contributed by atoms with Crippen molar-refractivity contribution in [3.8, 4) is 0 Å². The van der Waals surface area contributed by atoms with Crippen molar-refractivity contribution in [1.29, 1.82) is 0 Å². The molecule has 0 saturated carbocycles. The van der Waals surface area contributed by atoms with Crippen molar-refractivity contribution in [2.45, 2.75) is 24.7 Å². The summed E-state index contributed by atoms with van der Waals surface area (Å²) in [4.78, 5) is 0.327. The smallest absolute Gasteiger partial charge is 0.246 e. The van der Waals surface area contributed by atoms with Gasteiger partial charge in [-0.1, -0.05) is 31.5 Å². The molecule has 2 aromatic rings. The molecule has 1 heterocycles. The normalized spacial score (nSPS) is 11.6. The Labute approximate surface area is 102 Å². The van der Waals surface area contributed by atoms with Gasteiger partial charge in [0.25, 0.3) is 10.0 Å². The van der Waals surface area contributed by atoms with E-state index in [1.165, 1.54) is 3.97 Å². The van der Waals surface area contributed by atoms with Crippen LogP contribution in [-0.4, -0.2) is 12.4 Å². The van der Waals surface area contributed by atoms with Crippen LogP contribution in [0.1, 0.15) is 19.0 Å². The molecule has 0 amide bonds. The molecule has 0 N–H and O–H groups in total. The molecule has 0 spiro atoms. The maximum Gasteiger partial charge on any atom is 0.267 e. The summed E-state index contributed by atoms with van der Waals surface area (Å²) in [5.41, 5.74) is 0.830. The molecule has 0 atom stereocenters. The van der Waals surface area contributed by atoms with Crippen molar-refractivity contribution in [2.75, 3.05) is 0 Å². The van der Waals surface area contributed by atoms with Crippen LogP contribution >= 0.6 is 0 Å². The fraction of sp³-hybridized carbons (Fsp3) is 0.231. The van der Waals surface area contributed by atoms with Crippen molar-refractivity contribution >= 4 is 10.0 Å². The topological polar surface area (TPSA) is 39.1 Å². The molecule has 17 heavy (non-hydrogen) atoms. The highest BCUT2D eigenvalue weighted by Gasteiger charge is 2.17. The van der Waals surface area contributed by atoms with Crippen LogP contribution in [0.5, 0.6) is 0 Å². The van der Waals surface area contributed by atoms with E-state index in [4.69, 9.17) is 0 Å². The molecular formula is C13H15NO2S. The Bertz CT molecular complexity index is 585. The third-order valence-corrected chi connectivity index (χ3v) is 4.34. The Morgan fingerprint density at radius 2 is 1.76 bits per heavy atom. The fourth-order valence-corrected chi connectivity index (χ4v) is 3.21. The molecule has 3 nitrogen and oxygen atoms in total. The second kappa shape index (κ2) is 4.75. The largest absolute Gasteiger partial charge is 0.267 e. The van der Waals surface area contributed by atoms with E-state index in [9.17, 15) is 8.42 Å². The van der Waals surface area contributed by atoms with Crippen LogP contribution in [-0.2, 0) is 16.4 Å². The second-order valence-corrected chi connectivity index (χ2v) is 5.68. The number of hydrogen-bond donors (Lipinski definition) is 0. The third-order valence-electron chi connectivity index (χ3n) is 2.60. The molecule has 0 fully saturated rings. The summed E-state index contributed by atoms with van der Waals surface area (Å²) in [7, 11) is -3.43. The van der Waals surface area contributed by atoms with Crippen LogP contribution in [0.3, 0.4) is 0 Å². The molecule has 2 rings (SSSR count). The average Bonchev–Trinajstić information content (AvgIpc) is 2.80. The highest BCUT2D eigenvalue weighted by molar-refractivity contribution is 7.90. The molecule has 0 unspecified atom stereocenters.